The number of aromatic hydroxyl groups is 1. The Hall–Kier alpha value is -2.29. The Bertz CT molecular complexity index is 547. The van der Waals surface area contributed by atoms with Crippen molar-refractivity contribution in [3.63, 3.8) is 0 Å². The summed E-state index contributed by atoms with van der Waals surface area (Å²) in [5, 5.41) is 9.68. The monoisotopic (exact) mass is 242 g/mol. The van der Waals surface area contributed by atoms with Gasteiger partial charge in [-0.1, -0.05) is 30.3 Å². The van der Waals surface area contributed by atoms with Crippen LogP contribution in [0.5, 0.6) is 5.75 Å². The Morgan fingerprint density at radius 1 is 1.17 bits per heavy atom. The van der Waals surface area contributed by atoms with Crippen LogP contribution < -0.4 is 0 Å². The average Bonchev–Trinajstić information content (AvgIpc) is 2.38. The lowest BCUT2D eigenvalue weighted by atomic mass is 10.1. The number of ether oxygens (including phenoxy) is 1. The van der Waals surface area contributed by atoms with Crippen molar-refractivity contribution in [3.05, 3.63) is 65.2 Å². The van der Waals surface area contributed by atoms with Gasteiger partial charge in [0.15, 0.2) is 0 Å². The lowest BCUT2D eigenvalue weighted by Gasteiger charge is -2.07. The van der Waals surface area contributed by atoms with Crippen molar-refractivity contribution in [1.29, 1.82) is 0 Å². The fourth-order valence-corrected chi connectivity index (χ4v) is 1.60. The SMILES string of the molecule is Cc1ccc(COC(=O)c2ccccc2)c(O)c1. The van der Waals surface area contributed by atoms with E-state index in [0.717, 1.165) is 5.56 Å². The second kappa shape index (κ2) is 5.36. The van der Waals surface area contributed by atoms with Crippen LogP contribution in [0.4, 0.5) is 0 Å². The summed E-state index contributed by atoms with van der Waals surface area (Å²) in [6.07, 6.45) is 0. The van der Waals surface area contributed by atoms with Crippen molar-refractivity contribution in [2.75, 3.05) is 0 Å². The number of carbonyl (C=O) groups is 1. The smallest absolute Gasteiger partial charge is 0.338 e. The summed E-state index contributed by atoms with van der Waals surface area (Å²) >= 11 is 0. The third-order valence-corrected chi connectivity index (χ3v) is 2.61. The molecule has 2 aromatic carbocycles. The molecular formula is C15H14O3. The fourth-order valence-electron chi connectivity index (χ4n) is 1.60. The number of hydrogen-bond donors (Lipinski definition) is 1. The summed E-state index contributed by atoms with van der Waals surface area (Å²) in [6, 6.07) is 14.0. The molecule has 0 saturated heterocycles. The van der Waals surface area contributed by atoms with E-state index in [1.54, 1.807) is 36.4 Å². The summed E-state index contributed by atoms with van der Waals surface area (Å²) in [5.41, 5.74) is 2.07. The van der Waals surface area contributed by atoms with Gasteiger partial charge in [-0.05, 0) is 30.7 Å². The molecule has 92 valence electrons. The molecule has 0 unspecified atom stereocenters. The Labute approximate surface area is 106 Å². The van der Waals surface area contributed by atoms with Gasteiger partial charge in [0.2, 0.25) is 0 Å². The van der Waals surface area contributed by atoms with Gasteiger partial charge in [0, 0.05) is 5.56 Å². The molecule has 0 atom stereocenters. The van der Waals surface area contributed by atoms with Crippen LogP contribution in [-0.2, 0) is 11.3 Å². The van der Waals surface area contributed by atoms with Crippen LogP contribution >= 0.6 is 0 Å². The number of esters is 1. The first kappa shape index (κ1) is 12.2. The predicted molar refractivity (Wildman–Crippen MR) is 68.4 cm³/mol. The van der Waals surface area contributed by atoms with E-state index in [1.165, 1.54) is 0 Å². The predicted octanol–water partition coefficient (Wildman–Crippen LogP) is 3.06. The second-order valence-corrected chi connectivity index (χ2v) is 4.07. The van der Waals surface area contributed by atoms with E-state index in [1.807, 2.05) is 19.1 Å². The molecular weight excluding hydrogens is 228 g/mol. The van der Waals surface area contributed by atoms with Crippen LogP contribution in [0.2, 0.25) is 0 Å². The summed E-state index contributed by atoms with van der Waals surface area (Å²) < 4.78 is 5.14. The molecule has 0 aliphatic heterocycles. The summed E-state index contributed by atoms with van der Waals surface area (Å²) in [4.78, 5) is 11.7. The van der Waals surface area contributed by atoms with Crippen LogP contribution in [0.25, 0.3) is 0 Å². The van der Waals surface area contributed by atoms with Crippen molar-refractivity contribution in [2.24, 2.45) is 0 Å². The van der Waals surface area contributed by atoms with Crippen LogP contribution in [0, 0.1) is 6.92 Å². The number of phenolic OH excluding ortho intramolecular Hbond substituents is 1. The van der Waals surface area contributed by atoms with Gasteiger partial charge < -0.3 is 9.84 Å². The van der Waals surface area contributed by atoms with Gasteiger partial charge in [0.05, 0.1) is 5.56 Å². The Morgan fingerprint density at radius 2 is 1.89 bits per heavy atom. The largest absolute Gasteiger partial charge is 0.508 e. The molecule has 2 aromatic rings. The zero-order valence-electron chi connectivity index (χ0n) is 10.1. The van der Waals surface area contributed by atoms with E-state index in [4.69, 9.17) is 4.74 Å². The van der Waals surface area contributed by atoms with E-state index >= 15 is 0 Å². The molecule has 0 spiro atoms. The van der Waals surface area contributed by atoms with Crippen LogP contribution in [0.3, 0.4) is 0 Å². The lowest BCUT2D eigenvalue weighted by molar-refractivity contribution is 0.0470. The molecule has 0 aliphatic carbocycles. The highest BCUT2D eigenvalue weighted by atomic mass is 16.5. The summed E-state index contributed by atoms with van der Waals surface area (Å²) in [5.74, 6) is -0.244. The molecule has 0 bridgehead atoms. The molecule has 0 aromatic heterocycles. The van der Waals surface area contributed by atoms with Crippen LogP contribution in [-0.4, -0.2) is 11.1 Å². The summed E-state index contributed by atoms with van der Waals surface area (Å²) in [7, 11) is 0. The van der Waals surface area contributed by atoms with E-state index in [9.17, 15) is 9.90 Å². The molecule has 1 N–H and O–H groups in total. The first-order chi connectivity index (χ1) is 8.66. The highest BCUT2D eigenvalue weighted by molar-refractivity contribution is 5.89. The van der Waals surface area contributed by atoms with E-state index in [0.29, 0.717) is 11.1 Å². The van der Waals surface area contributed by atoms with Gasteiger partial charge in [0.25, 0.3) is 0 Å². The lowest BCUT2D eigenvalue weighted by Crippen LogP contribution is -2.05. The molecule has 3 heteroatoms. The van der Waals surface area contributed by atoms with Crippen LogP contribution in [0.1, 0.15) is 21.5 Å². The third-order valence-electron chi connectivity index (χ3n) is 2.61. The van der Waals surface area contributed by atoms with Gasteiger partial charge in [-0.25, -0.2) is 4.79 Å². The Balaban J connectivity index is 2.02. The van der Waals surface area contributed by atoms with Gasteiger partial charge in [-0.15, -0.1) is 0 Å². The van der Waals surface area contributed by atoms with Gasteiger partial charge in [-0.3, -0.25) is 0 Å². The Morgan fingerprint density at radius 3 is 2.56 bits per heavy atom. The molecule has 0 fully saturated rings. The maximum absolute atomic E-state index is 11.7. The second-order valence-electron chi connectivity index (χ2n) is 4.07. The maximum atomic E-state index is 11.7. The number of hydrogen-bond acceptors (Lipinski definition) is 3. The molecule has 2 rings (SSSR count). The van der Waals surface area contributed by atoms with Crippen molar-refractivity contribution < 1.29 is 14.6 Å². The minimum Gasteiger partial charge on any atom is -0.508 e. The maximum Gasteiger partial charge on any atom is 0.338 e. The third kappa shape index (κ3) is 2.88. The molecule has 18 heavy (non-hydrogen) atoms. The van der Waals surface area contributed by atoms with Gasteiger partial charge in [-0.2, -0.15) is 0 Å². The normalized spacial score (nSPS) is 10.1. The Kier molecular flexibility index (Phi) is 3.63. The van der Waals surface area contributed by atoms with E-state index in [-0.39, 0.29) is 12.4 Å². The standard InChI is InChI=1S/C15H14O3/c1-11-7-8-13(14(16)9-11)10-18-15(17)12-5-3-2-4-6-12/h2-9,16H,10H2,1H3. The molecule has 3 nitrogen and oxygen atoms in total. The number of phenols is 1. The quantitative estimate of drug-likeness (QED) is 0.841. The van der Waals surface area contributed by atoms with Crippen molar-refractivity contribution in [3.8, 4) is 5.75 Å². The zero-order chi connectivity index (χ0) is 13.0. The number of rotatable bonds is 3. The van der Waals surface area contributed by atoms with Crippen molar-refractivity contribution >= 4 is 5.97 Å². The van der Waals surface area contributed by atoms with Crippen molar-refractivity contribution in [1.82, 2.24) is 0 Å². The highest BCUT2D eigenvalue weighted by Gasteiger charge is 2.08. The molecule has 0 saturated carbocycles. The zero-order valence-corrected chi connectivity index (χ0v) is 10.1. The minimum atomic E-state index is -0.393. The average molecular weight is 242 g/mol. The van der Waals surface area contributed by atoms with Crippen molar-refractivity contribution in [2.45, 2.75) is 13.5 Å². The number of benzene rings is 2. The topological polar surface area (TPSA) is 46.5 Å². The summed E-state index contributed by atoms with van der Waals surface area (Å²) in [6.45, 7) is 1.96. The minimum absolute atomic E-state index is 0.0693. The van der Waals surface area contributed by atoms with Crippen LogP contribution in [0.15, 0.2) is 48.5 Å². The number of carbonyl (C=O) groups excluding carboxylic acids is 1. The molecule has 0 aliphatic rings. The first-order valence-electron chi connectivity index (χ1n) is 5.67. The number of aryl methyl sites for hydroxylation is 1. The highest BCUT2D eigenvalue weighted by Crippen LogP contribution is 2.19. The van der Waals surface area contributed by atoms with Gasteiger partial charge in [0.1, 0.15) is 12.4 Å². The molecule has 0 radical (unpaired) electrons. The van der Waals surface area contributed by atoms with E-state index < -0.39 is 5.97 Å². The molecule has 0 amide bonds. The van der Waals surface area contributed by atoms with E-state index in [2.05, 4.69) is 0 Å². The fraction of sp³-hybridized carbons (Fsp3) is 0.133. The van der Waals surface area contributed by atoms with Gasteiger partial charge >= 0.3 is 5.97 Å². The molecule has 0 heterocycles. The first-order valence-corrected chi connectivity index (χ1v) is 5.67.